The fourth-order valence-electron chi connectivity index (χ4n) is 2.58. The lowest BCUT2D eigenvalue weighted by molar-refractivity contribution is -0.137. The van der Waals surface area contributed by atoms with Crippen LogP contribution >= 0.6 is 23.2 Å². The van der Waals surface area contributed by atoms with Crippen molar-refractivity contribution >= 4 is 40.7 Å². The molecule has 4 nitrogen and oxygen atoms in total. The van der Waals surface area contributed by atoms with Crippen LogP contribution in [0.2, 0.25) is 10.0 Å². The first kappa shape index (κ1) is 16.1. The third-order valence-corrected chi connectivity index (χ3v) is 4.19. The van der Waals surface area contributed by atoms with E-state index in [0.29, 0.717) is 21.7 Å². The highest BCUT2D eigenvalue weighted by molar-refractivity contribution is 6.40. The maximum Gasteiger partial charge on any atom is 0.313 e. The van der Waals surface area contributed by atoms with Gasteiger partial charge in [0, 0.05) is 21.8 Å². The number of amides is 2. The van der Waals surface area contributed by atoms with Gasteiger partial charge in [-0.3, -0.25) is 9.59 Å². The highest BCUT2D eigenvalue weighted by Crippen LogP contribution is 2.24. The van der Waals surface area contributed by atoms with E-state index in [4.69, 9.17) is 23.2 Å². The molecule has 0 unspecified atom stereocenters. The van der Waals surface area contributed by atoms with Crippen LogP contribution < -0.4 is 10.6 Å². The Morgan fingerprint density at radius 2 is 1.67 bits per heavy atom. The molecular weight excluding hydrogens is 311 g/mol. The lowest BCUT2D eigenvalue weighted by Crippen LogP contribution is -2.45. The van der Waals surface area contributed by atoms with E-state index >= 15 is 0 Å². The number of halogens is 2. The van der Waals surface area contributed by atoms with Crippen LogP contribution in [0.3, 0.4) is 0 Å². The molecular formula is C15H18Cl2N2O2. The smallest absolute Gasteiger partial charge is 0.313 e. The van der Waals surface area contributed by atoms with Gasteiger partial charge in [-0.1, -0.05) is 43.0 Å². The Bertz CT molecular complexity index is 528. The summed E-state index contributed by atoms with van der Waals surface area (Å²) in [5.41, 5.74) is 0.407. The van der Waals surface area contributed by atoms with E-state index < -0.39 is 11.8 Å². The SMILES string of the molecule is C[C@@H]1CCCC[C@@H]1NC(=O)C(=O)Nc1cc(Cl)cc(Cl)c1. The molecule has 0 bridgehead atoms. The Morgan fingerprint density at radius 1 is 1.05 bits per heavy atom. The second-order valence-electron chi connectivity index (χ2n) is 5.45. The van der Waals surface area contributed by atoms with Crippen molar-refractivity contribution in [2.75, 3.05) is 5.32 Å². The number of rotatable bonds is 2. The van der Waals surface area contributed by atoms with E-state index in [2.05, 4.69) is 17.6 Å². The summed E-state index contributed by atoms with van der Waals surface area (Å²) in [6.07, 6.45) is 4.27. The topological polar surface area (TPSA) is 58.2 Å². The minimum absolute atomic E-state index is 0.0694. The average Bonchev–Trinajstić information content (AvgIpc) is 2.40. The fourth-order valence-corrected chi connectivity index (χ4v) is 3.10. The minimum atomic E-state index is -0.703. The molecule has 6 heteroatoms. The number of nitrogens with one attached hydrogen (secondary N) is 2. The summed E-state index contributed by atoms with van der Waals surface area (Å²) in [6, 6.07) is 4.71. The Hall–Kier alpha value is -1.26. The van der Waals surface area contributed by atoms with E-state index in [1.165, 1.54) is 6.42 Å². The Labute approximate surface area is 134 Å². The van der Waals surface area contributed by atoms with E-state index in [9.17, 15) is 9.59 Å². The van der Waals surface area contributed by atoms with Gasteiger partial charge in [-0.15, -0.1) is 0 Å². The van der Waals surface area contributed by atoms with Crippen molar-refractivity contribution in [3.63, 3.8) is 0 Å². The van der Waals surface area contributed by atoms with Gasteiger partial charge >= 0.3 is 11.8 Å². The molecule has 0 radical (unpaired) electrons. The van der Waals surface area contributed by atoms with Crippen molar-refractivity contribution in [1.29, 1.82) is 0 Å². The van der Waals surface area contributed by atoms with Crippen molar-refractivity contribution in [3.05, 3.63) is 28.2 Å². The molecule has 2 N–H and O–H groups in total. The first-order chi connectivity index (χ1) is 9.95. The molecule has 1 saturated carbocycles. The summed E-state index contributed by atoms with van der Waals surface area (Å²) >= 11 is 11.7. The standard InChI is InChI=1S/C15H18Cl2N2O2/c1-9-4-2-3-5-13(9)19-15(21)14(20)18-12-7-10(16)6-11(17)8-12/h6-9,13H,2-5H2,1H3,(H,18,20)(H,19,21)/t9-,13+/m1/s1. The van der Waals surface area contributed by atoms with Crippen molar-refractivity contribution in [3.8, 4) is 0 Å². The molecule has 21 heavy (non-hydrogen) atoms. The van der Waals surface area contributed by atoms with Crippen LogP contribution in [0.15, 0.2) is 18.2 Å². The number of carbonyl (C=O) groups excluding carboxylic acids is 2. The van der Waals surface area contributed by atoms with Gasteiger partial charge in [0.15, 0.2) is 0 Å². The van der Waals surface area contributed by atoms with Gasteiger partial charge in [0.05, 0.1) is 0 Å². The molecule has 2 rings (SSSR count). The predicted molar refractivity (Wildman–Crippen MR) is 84.7 cm³/mol. The number of hydrogen-bond acceptors (Lipinski definition) is 2. The van der Waals surface area contributed by atoms with E-state index in [1.54, 1.807) is 18.2 Å². The maximum atomic E-state index is 11.9. The third-order valence-electron chi connectivity index (χ3n) is 3.75. The molecule has 2 amide bonds. The first-order valence-corrected chi connectivity index (χ1v) is 7.79. The first-order valence-electron chi connectivity index (χ1n) is 7.03. The van der Waals surface area contributed by atoms with Gasteiger partial charge in [0.2, 0.25) is 0 Å². The van der Waals surface area contributed by atoms with E-state index in [0.717, 1.165) is 19.3 Å². The zero-order chi connectivity index (χ0) is 15.4. The van der Waals surface area contributed by atoms with Crippen LogP contribution in [0.25, 0.3) is 0 Å². The lowest BCUT2D eigenvalue weighted by Gasteiger charge is -2.29. The molecule has 1 aliphatic carbocycles. The molecule has 1 aromatic rings. The maximum absolute atomic E-state index is 11.9. The molecule has 0 heterocycles. The van der Waals surface area contributed by atoms with E-state index in [-0.39, 0.29) is 6.04 Å². The Morgan fingerprint density at radius 3 is 2.29 bits per heavy atom. The number of hydrogen-bond donors (Lipinski definition) is 2. The summed E-state index contributed by atoms with van der Waals surface area (Å²) in [4.78, 5) is 23.8. The zero-order valence-corrected chi connectivity index (χ0v) is 13.3. The van der Waals surface area contributed by atoms with Crippen molar-refractivity contribution in [1.82, 2.24) is 5.32 Å². The van der Waals surface area contributed by atoms with Crippen molar-refractivity contribution < 1.29 is 9.59 Å². The van der Waals surface area contributed by atoms with Crippen LogP contribution in [-0.2, 0) is 9.59 Å². The molecule has 114 valence electrons. The molecule has 1 aliphatic rings. The normalized spacial score (nSPS) is 21.7. The molecule has 2 atom stereocenters. The largest absolute Gasteiger partial charge is 0.345 e. The van der Waals surface area contributed by atoms with Gasteiger partial charge < -0.3 is 10.6 Å². The molecule has 0 spiro atoms. The van der Waals surface area contributed by atoms with Crippen LogP contribution in [-0.4, -0.2) is 17.9 Å². The molecule has 0 aliphatic heterocycles. The van der Waals surface area contributed by atoms with Crippen molar-refractivity contribution in [2.24, 2.45) is 5.92 Å². The predicted octanol–water partition coefficient (Wildman–Crippen LogP) is 3.63. The summed E-state index contributed by atoms with van der Waals surface area (Å²) in [5, 5.41) is 6.11. The van der Waals surface area contributed by atoms with Crippen molar-refractivity contribution in [2.45, 2.75) is 38.6 Å². The minimum Gasteiger partial charge on any atom is -0.345 e. The van der Waals surface area contributed by atoms with Gasteiger partial charge in [0.1, 0.15) is 0 Å². The van der Waals surface area contributed by atoms with Gasteiger partial charge in [-0.2, -0.15) is 0 Å². The zero-order valence-electron chi connectivity index (χ0n) is 11.8. The quantitative estimate of drug-likeness (QED) is 0.814. The van der Waals surface area contributed by atoms with Gasteiger partial charge in [-0.25, -0.2) is 0 Å². The van der Waals surface area contributed by atoms with Crippen LogP contribution in [0.5, 0.6) is 0 Å². The summed E-state index contributed by atoms with van der Waals surface area (Å²) in [7, 11) is 0. The summed E-state index contributed by atoms with van der Waals surface area (Å²) in [5.74, 6) is -0.924. The third kappa shape index (κ3) is 4.61. The van der Waals surface area contributed by atoms with Crippen LogP contribution in [0.1, 0.15) is 32.6 Å². The fraction of sp³-hybridized carbons (Fsp3) is 0.467. The Balaban J connectivity index is 1.94. The van der Waals surface area contributed by atoms with Crippen LogP contribution in [0.4, 0.5) is 5.69 Å². The monoisotopic (exact) mass is 328 g/mol. The van der Waals surface area contributed by atoms with Crippen LogP contribution in [0, 0.1) is 5.92 Å². The number of benzene rings is 1. The number of anilines is 1. The molecule has 0 aromatic heterocycles. The summed E-state index contributed by atoms with van der Waals surface area (Å²) in [6.45, 7) is 2.10. The highest BCUT2D eigenvalue weighted by atomic mass is 35.5. The second kappa shape index (κ2) is 7.14. The van der Waals surface area contributed by atoms with E-state index in [1.807, 2.05) is 0 Å². The molecule has 0 saturated heterocycles. The van der Waals surface area contributed by atoms with Gasteiger partial charge in [0.25, 0.3) is 0 Å². The molecule has 1 aromatic carbocycles. The molecule has 1 fully saturated rings. The lowest BCUT2D eigenvalue weighted by atomic mass is 9.86. The average molecular weight is 329 g/mol. The Kier molecular flexibility index (Phi) is 5.48. The number of carbonyl (C=O) groups is 2. The highest BCUT2D eigenvalue weighted by Gasteiger charge is 2.25. The summed E-state index contributed by atoms with van der Waals surface area (Å²) < 4.78 is 0. The second-order valence-corrected chi connectivity index (χ2v) is 6.33. The van der Waals surface area contributed by atoms with Gasteiger partial charge in [-0.05, 0) is 37.0 Å².